The van der Waals surface area contributed by atoms with Crippen LogP contribution in [0.4, 0.5) is 0 Å². The first-order chi connectivity index (χ1) is 15.4. The molecule has 2 aliphatic rings. The topological polar surface area (TPSA) is 89.3 Å². The summed E-state index contributed by atoms with van der Waals surface area (Å²) in [7, 11) is 1.61. The molecule has 1 spiro atoms. The average molecular weight is 449 g/mol. The lowest BCUT2D eigenvalue weighted by molar-refractivity contribution is -0.155. The Morgan fingerprint density at radius 2 is 2.09 bits per heavy atom. The van der Waals surface area contributed by atoms with E-state index < -0.39 is 23.5 Å². The number of carbonyl (C=O) groups is 3. The molecule has 178 valence electrons. The molecule has 32 heavy (non-hydrogen) atoms. The highest BCUT2D eigenvalue weighted by molar-refractivity contribution is 5.94. The zero-order valence-corrected chi connectivity index (χ0v) is 19.7. The zero-order valence-electron chi connectivity index (χ0n) is 19.7. The molecule has 0 aromatic carbocycles. The van der Waals surface area contributed by atoms with E-state index >= 15 is 0 Å². The van der Waals surface area contributed by atoms with Crippen LogP contribution < -0.4 is 0 Å². The van der Waals surface area contributed by atoms with Crippen molar-refractivity contribution >= 4 is 17.8 Å². The van der Waals surface area contributed by atoms with Gasteiger partial charge in [-0.1, -0.05) is 13.8 Å². The molecule has 8 nitrogen and oxygen atoms in total. The van der Waals surface area contributed by atoms with Crippen molar-refractivity contribution in [2.75, 3.05) is 33.4 Å². The highest BCUT2D eigenvalue weighted by Crippen LogP contribution is 2.51. The van der Waals surface area contributed by atoms with Crippen LogP contribution in [-0.4, -0.2) is 66.5 Å². The molecule has 2 saturated heterocycles. The molecular formula is C24H36N2O6. The van der Waals surface area contributed by atoms with Gasteiger partial charge in [-0.25, -0.2) is 0 Å². The van der Waals surface area contributed by atoms with Crippen LogP contribution in [-0.2, 0) is 23.9 Å². The van der Waals surface area contributed by atoms with E-state index in [0.717, 1.165) is 12.8 Å². The monoisotopic (exact) mass is 448 g/mol. The third-order valence-electron chi connectivity index (χ3n) is 6.47. The number of hydrogen-bond donors (Lipinski definition) is 0. The summed E-state index contributed by atoms with van der Waals surface area (Å²) in [4.78, 5) is 44.2. The van der Waals surface area contributed by atoms with Gasteiger partial charge in [-0.2, -0.15) is 0 Å². The Hall–Kier alpha value is -2.35. The Labute approximate surface area is 190 Å². The fraction of sp³-hybridized carbons (Fsp3) is 0.708. The number of ether oxygens (including phenoxy) is 2. The van der Waals surface area contributed by atoms with Gasteiger partial charge < -0.3 is 23.7 Å². The van der Waals surface area contributed by atoms with E-state index in [2.05, 4.69) is 0 Å². The van der Waals surface area contributed by atoms with Gasteiger partial charge >= 0.3 is 5.97 Å². The fourth-order valence-electron chi connectivity index (χ4n) is 5.16. The third-order valence-corrected chi connectivity index (χ3v) is 6.47. The van der Waals surface area contributed by atoms with Crippen LogP contribution >= 0.6 is 0 Å². The van der Waals surface area contributed by atoms with Gasteiger partial charge in [-0.15, -0.1) is 0 Å². The van der Waals surface area contributed by atoms with E-state index in [1.807, 2.05) is 13.8 Å². The van der Waals surface area contributed by atoms with E-state index in [0.29, 0.717) is 38.3 Å². The predicted octanol–water partition coefficient (Wildman–Crippen LogP) is 3.18. The lowest BCUT2D eigenvalue weighted by Gasteiger charge is -2.41. The second-order valence-corrected chi connectivity index (χ2v) is 9.16. The number of amides is 2. The number of methoxy groups -OCH3 is 1. The Morgan fingerprint density at radius 3 is 2.72 bits per heavy atom. The maximum atomic E-state index is 14.0. The fourth-order valence-corrected chi connectivity index (χ4v) is 5.16. The maximum Gasteiger partial charge on any atom is 0.311 e. The summed E-state index contributed by atoms with van der Waals surface area (Å²) < 4.78 is 16.3. The molecule has 0 aliphatic carbocycles. The molecule has 0 unspecified atom stereocenters. The zero-order chi connectivity index (χ0) is 23.3. The van der Waals surface area contributed by atoms with Crippen LogP contribution in [0.3, 0.4) is 0 Å². The minimum atomic E-state index is -1.09. The molecule has 3 heterocycles. The number of likely N-dealkylation sites (tertiary alicyclic amines) is 2. The van der Waals surface area contributed by atoms with Crippen molar-refractivity contribution in [2.24, 2.45) is 11.8 Å². The number of hydrogen-bond acceptors (Lipinski definition) is 6. The molecule has 2 aliphatic heterocycles. The molecule has 2 amide bonds. The van der Waals surface area contributed by atoms with Gasteiger partial charge in [0, 0.05) is 26.6 Å². The Morgan fingerprint density at radius 1 is 1.31 bits per heavy atom. The molecule has 0 saturated carbocycles. The molecule has 2 fully saturated rings. The molecule has 1 aromatic rings. The van der Waals surface area contributed by atoms with Crippen molar-refractivity contribution in [1.29, 1.82) is 0 Å². The summed E-state index contributed by atoms with van der Waals surface area (Å²) in [5.41, 5.74) is -1.09. The van der Waals surface area contributed by atoms with Gasteiger partial charge in [0.2, 0.25) is 11.8 Å². The van der Waals surface area contributed by atoms with E-state index in [-0.39, 0.29) is 30.8 Å². The second-order valence-electron chi connectivity index (χ2n) is 9.16. The summed E-state index contributed by atoms with van der Waals surface area (Å²) in [6.45, 7) is 7.45. The third kappa shape index (κ3) is 4.70. The number of nitrogens with zero attached hydrogens (tertiary/aromatic N) is 2. The molecule has 0 radical (unpaired) electrons. The van der Waals surface area contributed by atoms with Crippen molar-refractivity contribution in [1.82, 2.24) is 9.80 Å². The molecule has 3 atom stereocenters. The van der Waals surface area contributed by atoms with Crippen LogP contribution in [0.2, 0.25) is 0 Å². The molecule has 1 aromatic heterocycles. The Bertz CT molecular complexity index is 792. The smallest absolute Gasteiger partial charge is 0.311 e. The van der Waals surface area contributed by atoms with Crippen LogP contribution in [0.5, 0.6) is 0 Å². The molecule has 0 bridgehead atoms. The Balaban J connectivity index is 2.11. The SMILES string of the molecule is CCOC(=O)[C@H]1C[C@]2(CCCCN(CCOC)C2=O)N(C(=O)CC(C)C)[C@H]1c1ccco1. The van der Waals surface area contributed by atoms with Crippen LogP contribution in [0.15, 0.2) is 22.8 Å². The number of esters is 1. The number of furan rings is 1. The van der Waals surface area contributed by atoms with Gasteiger partial charge in [0.25, 0.3) is 0 Å². The average Bonchev–Trinajstić information content (AvgIpc) is 3.35. The minimum absolute atomic E-state index is 0.104. The number of rotatable bonds is 8. The lowest BCUT2D eigenvalue weighted by atomic mass is 9.85. The summed E-state index contributed by atoms with van der Waals surface area (Å²) >= 11 is 0. The summed E-state index contributed by atoms with van der Waals surface area (Å²) in [5.74, 6) is -0.666. The molecule has 3 rings (SSSR count). The van der Waals surface area contributed by atoms with Crippen molar-refractivity contribution < 1.29 is 28.3 Å². The van der Waals surface area contributed by atoms with Gasteiger partial charge in [-0.05, 0) is 50.7 Å². The van der Waals surface area contributed by atoms with Gasteiger partial charge in [-0.3, -0.25) is 14.4 Å². The Kier molecular flexibility index (Phi) is 7.98. The normalized spacial score (nSPS) is 26.1. The second kappa shape index (κ2) is 10.5. The first-order valence-corrected chi connectivity index (χ1v) is 11.7. The van der Waals surface area contributed by atoms with Gasteiger partial charge in [0.1, 0.15) is 17.3 Å². The highest BCUT2D eigenvalue weighted by Gasteiger charge is 2.62. The quantitative estimate of drug-likeness (QED) is 0.568. The van der Waals surface area contributed by atoms with E-state index in [1.165, 1.54) is 6.26 Å². The summed E-state index contributed by atoms with van der Waals surface area (Å²) in [6, 6.07) is 2.85. The van der Waals surface area contributed by atoms with E-state index in [9.17, 15) is 14.4 Å². The van der Waals surface area contributed by atoms with E-state index in [4.69, 9.17) is 13.9 Å². The van der Waals surface area contributed by atoms with E-state index in [1.54, 1.807) is 36.0 Å². The summed E-state index contributed by atoms with van der Waals surface area (Å²) in [6.07, 6.45) is 4.23. The van der Waals surface area contributed by atoms with Crippen molar-refractivity contribution in [3.8, 4) is 0 Å². The van der Waals surface area contributed by atoms with Crippen molar-refractivity contribution in [3.63, 3.8) is 0 Å². The lowest BCUT2D eigenvalue weighted by Crippen LogP contribution is -2.58. The van der Waals surface area contributed by atoms with Crippen molar-refractivity contribution in [2.45, 2.75) is 64.5 Å². The maximum absolute atomic E-state index is 14.0. The van der Waals surface area contributed by atoms with Gasteiger partial charge in [0.05, 0.1) is 25.4 Å². The van der Waals surface area contributed by atoms with Crippen molar-refractivity contribution in [3.05, 3.63) is 24.2 Å². The van der Waals surface area contributed by atoms with Crippen LogP contribution in [0, 0.1) is 11.8 Å². The first-order valence-electron chi connectivity index (χ1n) is 11.7. The molecular weight excluding hydrogens is 412 g/mol. The first kappa shape index (κ1) is 24.3. The summed E-state index contributed by atoms with van der Waals surface area (Å²) in [5, 5.41) is 0. The highest BCUT2D eigenvalue weighted by atomic mass is 16.5. The molecule has 0 N–H and O–H groups in total. The number of carbonyl (C=O) groups excluding carboxylic acids is 3. The van der Waals surface area contributed by atoms with Crippen LogP contribution in [0.25, 0.3) is 0 Å². The largest absolute Gasteiger partial charge is 0.467 e. The van der Waals surface area contributed by atoms with Crippen LogP contribution in [0.1, 0.15) is 64.7 Å². The minimum Gasteiger partial charge on any atom is -0.467 e. The molecule has 8 heteroatoms. The predicted molar refractivity (Wildman–Crippen MR) is 118 cm³/mol. The standard InChI is InChI=1S/C24H36N2O6/c1-5-31-22(28)18-16-24(10-6-7-11-25(23(24)29)12-14-30-4)26(20(27)15-17(2)3)21(18)19-9-8-13-32-19/h8-9,13,17-18,21H,5-7,10-12,14-16H2,1-4H3/t18-,21+,24-/m0/s1. The van der Waals surface area contributed by atoms with Gasteiger partial charge in [0.15, 0.2) is 0 Å².